The van der Waals surface area contributed by atoms with Gasteiger partial charge in [-0.15, -0.1) is 5.10 Å². The smallest absolute Gasteiger partial charge is 0.250 e. The normalized spacial score (nSPS) is 20.5. The standard InChI is InChI=1S/C25H27N5O4S/c1-14-26-25-30(27-14)24(32)23(35-25)22(16-7-8-19(33-2)20(10-16)34-3)28-11-15-9-17(13-28)18-5-4-6-21(31)29(18)12-15/h4-8,10,15,17,22,32H,9,11-13H2,1-3H3. The first-order valence-electron chi connectivity index (χ1n) is 11.7. The molecule has 4 aromatic rings. The van der Waals surface area contributed by atoms with Crippen molar-refractivity contribution >= 4 is 16.3 Å². The Balaban J connectivity index is 1.47. The molecule has 2 aliphatic heterocycles. The zero-order valence-electron chi connectivity index (χ0n) is 19.8. The highest BCUT2D eigenvalue weighted by Crippen LogP contribution is 2.46. The summed E-state index contributed by atoms with van der Waals surface area (Å²) in [7, 11) is 3.24. The topological polar surface area (TPSA) is 94.1 Å². The number of benzene rings is 1. The molecule has 0 amide bonds. The summed E-state index contributed by atoms with van der Waals surface area (Å²) in [6, 6.07) is 11.2. The molecule has 0 spiro atoms. The molecule has 1 saturated heterocycles. The summed E-state index contributed by atoms with van der Waals surface area (Å²) in [5.74, 6) is 2.61. The molecule has 2 aliphatic rings. The number of aryl methyl sites for hydroxylation is 1. The maximum atomic E-state index is 12.5. The third kappa shape index (κ3) is 3.59. The summed E-state index contributed by atoms with van der Waals surface area (Å²) >= 11 is 1.45. The van der Waals surface area contributed by atoms with Gasteiger partial charge in [0, 0.05) is 37.3 Å². The van der Waals surface area contributed by atoms with E-state index in [0.29, 0.717) is 34.7 Å². The molecule has 5 heterocycles. The minimum Gasteiger partial charge on any atom is -0.493 e. The third-order valence-electron chi connectivity index (χ3n) is 7.15. The fraction of sp³-hybridized carbons (Fsp3) is 0.400. The summed E-state index contributed by atoms with van der Waals surface area (Å²) in [5, 5.41) is 15.6. The number of rotatable bonds is 5. The monoisotopic (exact) mass is 493 g/mol. The molecule has 6 rings (SSSR count). The minimum atomic E-state index is -0.226. The largest absolute Gasteiger partial charge is 0.493 e. The van der Waals surface area contributed by atoms with Crippen molar-refractivity contribution in [3.05, 3.63) is 68.7 Å². The average Bonchev–Trinajstić information content (AvgIpc) is 3.36. The third-order valence-corrected chi connectivity index (χ3v) is 8.22. The number of pyridine rings is 1. The number of piperidine rings is 1. The Kier molecular flexibility index (Phi) is 5.30. The zero-order valence-corrected chi connectivity index (χ0v) is 20.7. The fourth-order valence-corrected chi connectivity index (χ4v) is 6.88. The zero-order chi connectivity index (χ0) is 24.3. The van der Waals surface area contributed by atoms with E-state index in [2.05, 4.69) is 21.0 Å². The number of thiazole rings is 1. The summed E-state index contributed by atoms with van der Waals surface area (Å²) in [6.07, 6.45) is 1.05. The Morgan fingerprint density at radius 3 is 2.71 bits per heavy atom. The number of ether oxygens (including phenoxy) is 2. The number of aromatic nitrogens is 4. The number of hydrogen-bond donors (Lipinski definition) is 1. The molecule has 35 heavy (non-hydrogen) atoms. The fourth-order valence-electron chi connectivity index (χ4n) is 5.72. The van der Waals surface area contributed by atoms with Crippen LogP contribution in [0, 0.1) is 12.8 Å². The lowest BCUT2D eigenvalue weighted by atomic mass is 9.82. The molecular formula is C25H27N5O4S. The van der Waals surface area contributed by atoms with Crippen LogP contribution in [-0.2, 0) is 6.54 Å². The Morgan fingerprint density at radius 2 is 1.94 bits per heavy atom. The highest BCUT2D eigenvalue weighted by atomic mass is 32.1. The molecular weight excluding hydrogens is 466 g/mol. The van der Waals surface area contributed by atoms with E-state index in [9.17, 15) is 9.90 Å². The molecule has 3 atom stereocenters. The van der Waals surface area contributed by atoms with Crippen LogP contribution in [0.25, 0.3) is 4.96 Å². The lowest BCUT2D eigenvalue weighted by Crippen LogP contribution is -2.48. The number of methoxy groups -OCH3 is 2. The van der Waals surface area contributed by atoms with E-state index in [1.807, 2.05) is 35.8 Å². The van der Waals surface area contributed by atoms with Crippen molar-refractivity contribution in [2.75, 3.05) is 27.3 Å². The predicted molar refractivity (Wildman–Crippen MR) is 132 cm³/mol. The van der Waals surface area contributed by atoms with Crippen LogP contribution in [0.3, 0.4) is 0 Å². The number of likely N-dealkylation sites (tertiary alicyclic amines) is 1. The van der Waals surface area contributed by atoms with Gasteiger partial charge >= 0.3 is 0 Å². The second-order valence-corrected chi connectivity index (χ2v) is 10.3. The summed E-state index contributed by atoms with van der Waals surface area (Å²) in [6.45, 7) is 4.10. The predicted octanol–water partition coefficient (Wildman–Crippen LogP) is 3.19. The van der Waals surface area contributed by atoms with Crippen molar-refractivity contribution in [3.63, 3.8) is 0 Å². The van der Waals surface area contributed by atoms with Gasteiger partial charge in [-0.3, -0.25) is 9.69 Å². The molecule has 3 aromatic heterocycles. The average molecular weight is 494 g/mol. The second-order valence-electron chi connectivity index (χ2n) is 9.31. The van der Waals surface area contributed by atoms with E-state index in [4.69, 9.17) is 9.47 Å². The Bertz CT molecular complexity index is 1470. The van der Waals surface area contributed by atoms with E-state index in [1.54, 1.807) is 20.3 Å². The molecule has 1 fully saturated rings. The summed E-state index contributed by atoms with van der Waals surface area (Å²) in [5.41, 5.74) is 2.15. The van der Waals surface area contributed by atoms with E-state index in [0.717, 1.165) is 35.6 Å². The maximum Gasteiger partial charge on any atom is 0.250 e. The van der Waals surface area contributed by atoms with Crippen LogP contribution >= 0.6 is 11.3 Å². The van der Waals surface area contributed by atoms with Gasteiger partial charge in [0.15, 0.2) is 11.5 Å². The molecule has 0 radical (unpaired) electrons. The number of fused-ring (bicyclic) bond motifs is 5. The highest BCUT2D eigenvalue weighted by molar-refractivity contribution is 7.17. The SMILES string of the molecule is COc1ccc(C(c2sc3nc(C)nn3c2O)N2CC3CC(C2)c2cccc(=O)n2C3)cc1OC. The molecule has 2 bridgehead atoms. The van der Waals surface area contributed by atoms with Crippen molar-refractivity contribution in [2.24, 2.45) is 5.92 Å². The van der Waals surface area contributed by atoms with Crippen molar-refractivity contribution in [3.8, 4) is 17.4 Å². The quantitative estimate of drug-likeness (QED) is 0.456. The van der Waals surface area contributed by atoms with Crippen LogP contribution in [0.4, 0.5) is 0 Å². The van der Waals surface area contributed by atoms with E-state index < -0.39 is 0 Å². The first kappa shape index (κ1) is 22.1. The van der Waals surface area contributed by atoms with Crippen LogP contribution in [0.5, 0.6) is 17.4 Å². The molecule has 3 unspecified atom stereocenters. The van der Waals surface area contributed by atoms with Gasteiger partial charge in [-0.05, 0) is 43.0 Å². The number of hydrogen-bond acceptors (Lipinski definition) is 8. The van der Waals surface area contributed by atoms with Crippen LogP contribution in [0.15, 0.2) is 41.2 Å². The van der Waals surface area contributed by atoms with Gasteiger partial charge in [-0.2, -0.15) is 4.52 Å². The maximum absolute atomic E-state index is 12.5. The van der Waals surface area contributed by atoms with Gasteiger partial charge in [0.05, 0.1) is 25.1 Å². The van der Waals surface area contributed by atoms with Gasteiger partial charge in [0.1, 0.15) is 5.82 Å². The minimum absolute atomic E-state index is 0.0701. The molecule has 0 saturated carbocycles. The van der Waals surface area contributed by atoms with Crippen LogP contribution < -0.4 is 15.0 Å². The molecule has 9 nitrogen and oxygen atoms in total. The lowest BCUT2D eigenvalue weighted by molar-refractivity contribution is 0.0951. The lowest BCUT2D eigenvalue weighted by Gasteiger charge is -2.45. The van der Waals surface area contributed by atoms with Crippen LogP contribution in [0.1, 0.15) is 40.3 Å². The summed E-state index contributed by atoms with van der Waals surface area (Å²) in [4.78, 5) is 20.9. The van der Waals surface area contributed by atoms with Gasteiger partial charge < -0.3 is 19.1 Å². The van der Waals surface area contributed by atoms with Crippen molar-refractivity contribution in [1.82, 2.24) is 24.1 Å². The van der Waals surface area contributed by atoms with Crippen molar-refractivity contribution in [1.29, 1.82) is 0 Å². The Hall–Kier alpha value is -3.37. The molecule has 1 aromatic carbocycles. The van der Waals surface area contributed by atoms with E-state index in [-0.39, 0.29) is 23.4 Å². The Morgan fingerprint density at radius 1 is 1.11 bits per heavy atom. The van der Waals surface area contributed by atoms with E-state index in [1.165, 1.54) is 15.9 Å². The number of nitrogens with zero attached hydrogens (tertiary/aromatic N) is 5. The molecule has 1 N–H and O–H groups in total. The van der Waals surface area contributed by atoms with Gasteiger partial charge in [-0.1, -0.05) is 23.5 Å². The summed E-state index contributed by atoms with van der Waals surface area (Å²) < 4.78 is 14.5. The van der Waals surface area contributed by atoms with E-state index >= 15 is 0 Å². The van der Waals surface area contributed by atoms with Crippen molar-refractivity contribution < 1.29 is 14.6 Å². The highest BCUT2D eigenvalue weighted by Gasteiger charge is 2.39. The molecule has 182 valence electrons. The second kappa shape index (κ2) is 8.39. The Labute approximate surface area is 206 Å². The first-order valence-corrected chi connectivity index (χ1v) is 12.5. The van der Waals surface area contributed by atoms with Gasteiger partial charge in [-0.25, -0.2) is 4.98 Å². The number of aromatic hydroxyl groups is 1. The van der Waals surface area contributed by atoms with Crippen LogP contribution in [0.2, 0.25) is 0 Å². The first-order chi connectivity index (χ1) is 17.0. The molecule has 0 aliphatic carbocycles. The van der Waals surface area contributed by atoms with Gasteiger partial charge in [0.2, 0.25) is 10.8 Å². The molecule has 10 heteroatoms. The van der Waals surface area contributed by atoms with Crippen LogP contribution in [-0.4, -0.2) is 56.5 Å². The van der Waals surface area contributed by atoms with Gasteiger partial charge in [0.25, 0.3) is 5.56 Å². The van der Waals surface area contributed by atoms with Crippen molar-refractivity contribution in [2.45, 2.75) is 31.8 Å².